The minimum atomic E-state index is -0.220. The Labute approximate surface area is 120 Å². The summed E-state index contributed by atoms with van der Waals surface area (Å²) in [4.78, 5) is 2.07. The van der Waals surface area contributed by atoms with E-state index in [-0.39, 0.29) is 11.9 Å². The number of benzene rings is 2. The lowest BCUT2D eigenvalue weighted by atomic mass is 10.0. The number of hydrogen-bond acceptors (Lipinski definition) is 2. The first-order valence-corrected chi connectivity index (χ1v) is 6.82. The van der Waals surface area contributed by atoms with Crippen molar-refractivity contribution >= 4 is 11.4 Å². The number of rotatable bonds is 4. The maximum absolute atomic E-state index is 13.0. The van der Waals surface area contributed by atoms with Crippen LogP contribution in [-0.4, -0.2) is 13.1 Å². The van der Waals surface area contributed by atoms with Crippen LogP contribution in [0.5, 0.6) is 0 Å². The normalized spacial score (nSPS) is 12.2. The van der Waals surface area contributed by atoms with Crippen molar-refractivity contribution in [3.63, 3.8) is 0 Å². The molecule has 0 spiro atoms. The van der Waals surface area contributed by atoms with Gasteiger partial charge in [-0.05, 0) is 56.2 Å². The van der Waals surface area contributed by atoms with Gasteiger partial charge in [-0.2, -0.15) is 0 Å². The van der Waals surface area contributed by atoms with Gasteiger partial charge in [0.05, 0.1) is 0 Å². The van der Waals surface area contributed by atoms with Crippen LogP contribution in [0.1, 0.15) is 18.1 Å². The Morgan fingerprint density at radius 2 is 1.80 bits per heavy atom. The number of hydrogen-bond donors (Lipinski definition) is 1. The average molecular weight is 272 g/mol. The molecule has 2 nitrogen and oxygen atoms in total. The molecule has 0 aromatic heterocycles. The van der Waals surface area contributed by atoms with Crippen molar-refractivity contribution in [2.75, 3.05) is 11.9 Å². The van der Waals surface area contributed by atoms with E-state index in [1.54, 1.807) is 12.1 Å². The van der Waals surface area contributed by atoms with Gasteiger partial charge in [0.25, 0.3) is 0 Å². The second-order valence-corrected chi connectivity index (χ2v) is 5.35. The highest BCUT2D eigenvalue weighted by Gasteiger charge is 2.11. The second kappa shape index (κ2) is 6.06. The quantitative estimate of drug-likeness (QED) is 0.917. The van der Waals surface area contributed by atoms with Crippen molar-refractivity contribution in [2.24, 2.45) is 5.73 Å². The lowest BCUT2D eigenvalue weighted by Crippen LogP contribution is -2.20. The molecule has 0 saturated heterocycles. The van der Waals surface area contributed by atoms with Gasteiger partial charge < -0.3 is 10.6 Å². The van der Waals surface area contributed by atoms with E-state index in [1.807, 2.05) is 14.0 Å². The van der Waals surface area contributed by atoms with Crippen LogP contribution < -0.4 is 10.6 Å². The third-order valence-corrected chi connectivity index (χ3v) is 3.35. The van der Waals surface area contributed by atoms with Crippen molar-refractivity contribution in [3.8, 4) is 0 Å². The predicted octanol–water partition coefficient (Wildman–Crippen LogP) is 3.79. The molecule has 3 heteroatoms. The van der Waals surface area contributed by atoms with Crippen LogP contribution >= 0.6 is 0 Å². The molecule has 0 fully saturated rings. The van der Waals surface area contributed by atoms with Crippen LogP contribution in [0.4, 0.5) is 15.8 Å². The predicted molar refractivity (Wildman–Crippen MR) is 83.0 cm³/mol. The molecular weight excluding hydrogens is 251 g/mol. The molecule has 0 saturated carbocycles. The number of nitrogens with zero attached hydrogens (tertiary/aromatic N) is 1. The summed E-state index contributed by atoms with van der Waals surface area (Å²) < 4.78 is 13.0. The van der Waals surface area contributed by atoms with Crippen LogP contribution in [0, 0.1) is 12.7 Å². The van der Waals surface area contributed by atoms with Gasteiger partial charge in [-0.3, -0.25) is 0 Å². The zero-order valence-electron chi connectivity index (χ0n) is 12.2. The summed E-state index contributed by atoms with van der Waals surface area (Å²) in [5.41, 5.74) is 10.4. The summed E-state index contributed by atoms with van der Waals surface area (Å²) in [6.07, 6.45) is 0.822. The van der Waals surface area contributed by atoms with Crippen LogP contribution in [0.2, 0.25) is 0 Å². The van der Waals surface area contributed by atoms with E-state index in [1.165, 1.54) is 23.3 Å². The van der Waals surface area contributed by atoms with E-state index in [4.69, 9.17) is 5.73 Å². The minimum absolute atomic E-state index is 0.108. The molecule has 0 heterocycles. The zero-order valence-corrected chi connectivity index (χ0v) is 12.2. The van der Waals surface area contributed by atoms with E-state index in [0.29, 0.717) is 0 Å². The van der Waals surface area contributed by atoms with Gasteiger partial charge in [0.1, 0.15) is 5.82 Å². The Morgan fingerprint density at radius 1 is 1.15 bits per heavy atom. The van der Waals surface area contributed by atoms with E-state index >= 15 is 0 Å². The van der Waals surface area contributed by atoms with Crippen LogP contribution in [0.15, 0.2) is 42.5 Å². The average Bonchev–Trinajstić information content (AvgIpc) is 2.38. The van der Waals surface area contributed by atoms with Gasteiger partial charge in [0.2, 0.25) is 0 Å². The largest absolute Gasteiger partial charge is 0.344 e. The fourth-order valence-corrected chi connectivity index (χ4v) is 2.36. The fourth-order valence-electron chi connectivity index (χ4n) is 2.36. The van der Waals surface area contributed by atoms with Crippen LogP contribution in [-0.2, 0) is 6.42 Å². The van der Waals surface area contributed by atoms with E-state index in [0.717, 1.165) is 17.8 Å². The van der Waals surface area contributed by atoms with Crippen LogP contribution in [0.3, 0.4) is 0 Å². The van der Waals surface area contributed by atoms with E-state index in [9.17, 15) is 4.39 Å². The lowest BCUT2D eigenvalue weighted by molar-refractivity contribution is 0.628. The van der Waals surface area contributed by atoms with Crippen LogP contribution in [0.25, 0.3) is 0 Å². The van der Waals surface area contributed by atoms with Crippen molar-refractivity contribution < 1.29 is 4.39 Å². The number of anilines is 2. The Kier molecular flexibility index (Phi) is 4.40. The first kappa shape index (κ1) is 14.5. The Bertz CT molecular complexity index is 576. The third kappa shape index (κ3) is 3.36. The van der Waals surface area contributed by atoms with Crippen molar-refractivity contribution in [2.45, 2.75) is 26.3 Å². The summed E-state index contributed by atoms with van der Waals surface area (Å²) in [5, 5.41) is 0. The zero-order chi connectivity index (χ0) is 14.7. The summed E-state index contributed by atoms with van der Waals surface area (Å²) in [6, 6.07) is 13.0. The summed E-state index contributed by atoms with van der Waals surface area (Å²) in [5.74, 6) is -0.220. The Morgan fingerprint density at radius 3 is 2.40 bits per heavy atom. The second-order valence-electron chi connectivity index (χ2n) is 5.35. The molecule has 0 bridgehead atoms. The number of aryl methyl sites for hydroxylation is 1. The monoisotopic (exact) mass is 272 g/mol. The van der Waals surface area contributed by atoms with Crippen molar-refractivity contribution in [1.82, 2.24) is 0 Å². The molecule has 2 N–H and O–H groups in total. The number of nitrogens with two attached hydrogens (primary N) is 1. The van der Waals surface area contributed by atoms with Crippen molar-refractivity contribution in [3.05, 3.63) is 59.4 Å². The maximum atomic E-state index is 13.0. The number of halogens is 1. The molecule has 106 valence electrons. The lowest BCUT2D eigenvalue weighted by Gasteiger charge is -2.24. The fraction of sp³-hybridized carbons (Fsp3) is 0.294. The Hall–Kier alpha value is -1.87. The molecular formula is C17H21FN2. The van der Waals surface area contributed by atoms with Gasteiger partial charge in [-0.25, -0.2) is 4.39 Å². The minimum Gasteiger partial charge on any atom is -0.344 e. The molecule has 2 aromatic rings. The van der Waals surface area contributed by atoms with Crippen molar-refractivity contribution in [1.29, 1.82) is 0 Å². The molecule has 0 radical (unpaired) electrons. The molecule has 0 aliphatic heterocycles. The molecule has 0 aliphatic rings. The molecule has 2 rings (SSSR count). The van der Waals surface area contributed by atoms with Gasteiger partial charge in [0.15, 0.2) is 0 Å². The molecule has 20 heavy (non-hydrogen) atoms. The maximum Gasteiger partial charge on any atom is 0.123 e. The van der Waals surface area contributed by atoms with E-state index < -0.39 is 0 Å². The standard InChI is InChI=1S/C17H21FN2/c1-12-4-9-17(14(10-12)11-13(2)19)20(3)16-7-5-15(18)6-8-16/h4-10,13H,11,19H2,1-3H3. The molecule has 1 unspecified atom stereocenters. The summed E-state index contributed by atoms with van der Waals surface area (Å²) >= 11 is 0. The summed E-state index contributed by atoms with van der Waals surface area (Å²) in [7, 11) is 1.99. The van der Waals surface area contributed by atoms with Gasteiger partial charge in [0, 0.05) is 24.5 Å². The van der Waals surface area contributed by atoms with Gasteiger partial charge in [-0.15, -0.1) is 0 Å². The first-order valence-electron chi connectivity index (χ1n) is 6.82. The molecule has 0 amide bonds. The van der Waals surface area contributed by atoms with Gasteiger partial charge >= 0.3 is 0 Å². The first-order chi connectivity index (χ1) is 9.47. The molecule has 0 aliphatic carbocycles. The molecule has 1 atom stereocenters. The van der Waals surface area contributed by atoms with Gasteiger partial charge in [-0.1, -0.05) is 17.7 Å². The smallest absolute Gasteiger partial charge is 0.123 e. The highest BCUT2D eigenvalue weighted by atomic mass is 19.1. The Balaban J connectivity index is 2.37. The third-order valence-electron chi connectivity index (χ3n) is 3.35. The highest BCUT2D eigenvalue weighted by molar-refractivity contribution is 5.66. The topological polar surface area (TPSA) is 29.3 Å². The van der Waals surface area contributed by atoms with E-state index in [2.05, 4.69) is 30.0 Å². The highest BCUT2D eigenvalue weighted by Crippen LogP contribution is 2.28. The SMILES string of the molecule is Cc1ccc(N(C)c2ccc(F)cc2)c(CC(C)N)c1. The summed E-state index contributed by atoms with van der Waals surface area (Å²) in [6.45, 7) is 4.08. The molecule has 2 aromatic carbocycles.